The number of methoxy groups -OCH3 is 1. The second-order valence-corrected chi connectivity index (χ2v) is 11.6. The molecule has 200 valence electrons. The van der Waals surface area contributed by atoms with Crippen LogP contribution in [0.5, 0.6) is 5.75 Å². The fourth-order valence-corrected chi connectivity index (χ4v) is 5.60. The molecule has 0 spiro atoms. The van der Waals surface area contributed by atoms with Crippen LogP contribution in [-0.4, -0.2) is 49.2 Å². The first-order chi connectivity index (χ1) is 16.3. The van der Waals surface area contributed by atoms with Crippen LogP contribution >= 0.6 is 77.5 Å². The van der Waals surface area contributed by atoms with Crippen LogP contribution in [0.2, 0.25) is 0 Å². The molecule has 1 aromatic carbocycles. The number of hydrogen-bond acceptors (Lipinski definition) is 3. The summed E-state index contributed by atoms with van der Waals surface area (Å²) in [6, 6.07) is 8.13. The van der Waals surface area contributed by atoms with Gasteiger partial charge in [0.1, 0.15) is 5.75 Å². The summed E-state index contributed by atoms with van der Waals surface area (Å²) in [7, 11) is -3.46. The van der Waals surface area contributed by atoms with Gasteiger partial charge in [0.25, 0.3) is 0 Å². The molecular weight excluding hydrogens is 607 g/mol. The summed E-state index contributed by atoms with van der Waals surface area (Å²) in [4.78, 5) is 13.9. The summed E-state index contributed by atoms with van der Waals surface area (Å²) in [6.45, 7) is 2.20. The Bertz CT molecular complexity index is 804. The van der Waals surface area contributed by atoms with Crippen molar-refractivity contribution < 1.29 is 28.0 Å². The predicted molar refractivity (Wildman–Crippen MR) is 145 cm³/mol. The van der Waals surface area contributed by atoms with Gasteiger partial charge in [0.15, 0.2) is 5.60 Å². The van der Waals surface area contributed by atoms with Gasteiger partial charge in [-0.2, -0.15) is 0 Å². The molecule has 3 rings (SSSR count). The third kappa shape index (κ3) is 10.8. The average Bonchev–Trinajstić information content (AvgIpc) is 2.84. The molecular formula is C22H28Cl6FO5P. The molecule has 13 heteroatoms. The van der Waals surface area contributed by atoms with Gasteiger partial charge < -0.3 is 9.47 Å². The third-order valence-corrected chi connectivity index (χ3v) is 9.17. The Balaban J connectivity index is 0.000000310. The van der Waals surface area contributed by atoms with Crippen LogP contribution in [0.3, 0.4) is 0 Å². The molecule has 1 aliphatic carbocycles. The fraction of sp³-hybridized carbons (Fsp3) is 0.545. The minimum Gasteiger partial charge on any atom is -0.497 e. The van der Waals surface area contributed by atoms with Crippen molar-refractivity contribution in [3.05, 3.63) is 54.3 Å². The lowest BCUT2D eigenvalue weighted by Crippen LogP contribution is -2.52. The molecule has 1 aliphatic heterocycles. The van der Waals surface area contributed by atoms with E-state index >= 15 is 0 Å². The number of unbranched alkanes of at least 4 members (excludes halogenated alkanes) is 1. The van der Waals surface area contributed by atoms with Gasteiger partial charge in [-0.05, 0) is 42.7 Å². The lowest BCUT2D eigenvalue weighted by Gasteiger charge is -2.37. The molecule has 0 unspecified atom stereocenters. The minimum atomic E-state index is -5.14. The topological polar surface area (TPSA) is 76.0 Å². The largest absolute Gasteiger partial charge is 0.507 e. The van der Waals surface area contributed by atoms with Crippen molar-refractivity contribution >= 4 is 77.5 Å². The zero-order valence-corrected chi connectivity index (χ0v) is 24.3. The van der Waals surface area contributed by atoms with Crippen molar-refractivity contribution in [1.29, 1.82) is 0 Å². The van der Waals surface area contributed by atoms with E-state index in [1.54, 1.807) is 13.4 Å². The van der Waals surface area contributed by atoms with Gasteiger partial charge in [0.2, 0.25) is 0 Å². The Morgan fingerprint density at radius 2 is 1.37 bits per heavy atom. The molecule has 35 heavy (non-hydrogen) atoms. The lowest BCUT2D eigenvalue weighted by atomic mass is 9.87. The van der Waals surface area contributed by atoms with E-state index in [4.69, 9.17) is 93.4 Å². The number of benzene rings is 1. The Morgan fingerprint density at radius 3 is 1.69 bits per heavy atom. The second-order valence-electron chi connectivity index (χ2n) is 7.67. The van der Waals surface area contributed by atoms with Gasteiger partial charge in [-0.15, -0.1) is 73.8 Å². The van der Waals surface area contributed by atoms with Gasteiger partial charge in [-0.3, -0.25) is 9.79 Å². The Morgan fingerprint density at radius 1 is 0.943 bits per heavy atom. The van der Waals surface area contributed by atoms with Gasteiger partial charge in [-0.1, -0.05) is 31.6 Å². The highest BCUT2D eigenvalue weighted by Gasteiger charge is 2.46. The van der Waals surface area contributed by atoms with E-state index in [0.717, 1.165) is 18.6 Å². The SMILES string of the molecule is CCCC[C@@]1(c2ccc(OC)cc2)C=CC=CO1.Cl[C@H]1[C@H](Cl)[C@@H](Cl)[C@@H](Cl)[C@H](Cl)[C@H]1Cl.O=P(O)(O)F. The van der Waals surface area contributed by atoms with Gasteiger partial charge in [0, 0.05) is 0 Å². The molecule has 1 aromatic rings. The van der Waals surface area contributed by atoms with Crippen molar-refractivity contribution in [2.24, 2.45) is 0 Å². The molecule has 5 nitrogen and oxygen atoms in total. The van der Waals surface area contributed by atoms with E-state index in [2.05, 4.69) is 31.2 Å². The van der Waals surface area contributed by atoms with Crippen molar-refractivity contribution in [3.8, 4) is 5.75 Å². The lowest BCUT2D eigenvalue weighted by molar-refractivity contribution is 0.0514. The van der Waals surface area contributed by atoms with Crippen molar-refractivity contribution in [2.75, 3.05) is 7.11 Å². The third-order valence-electron chi connectivity index (χ3n) is 5.14. The average molecular weight is 635 g/mol. The number of ether oxygens (including phenoxy) is 2. The van der Waals surface area contributed by atoms with Gasteiger partial charge >= 0.3 is 7.91 Å². The highest BCUT2D eigenvalue weighted by molar-refractivity contribution is 7.45. The first kappa shape index (κ1) is 33.1. The molecule has 2 aliphatic rings. The van der Waals surface area contributed by atoms with E-state index in [-0.39, 0.29) is 5.60 Å². The van der Waals surface area contributed by atoms with E-state index < -0.39 is 40.2 Å². The number of allylic oxidation sites excluding steroid dienone is 2. The molecule has 0 bridgehead atoms. The van der Waals surface area contributed by atoms with E-state index in [1.807, 2.05) is 18.2 Å². The summed E-state index contributed by atoms with van der Waals surface area (Å²) in [5.41, 5.74) is 0.870. The van der Waals surface area contributed by atoms with E-state index in [9.17, 15) is 4.20 Å². The zero-order chi connectivity index (χ0) is 26.8. The number of rotatable bonds is 5. The Labute approximate surface area is 235 Å². The summed E-state index contributed by atoms with van der Waals surface area (Å²) in [6.07, 6.45) is 11.2. The normalized spacial score (nSPS) is 31.9. The quantitative estimate of drug-likeness (QED) is 0.255. The molecule has 2 N–H and O–H groups in total. The fourth-order valence-electron chi connectivity index (χ4n) is 3.27. The van der Waals surface area contributed by atoms with E-state index in [0.29, 0.717) is 0 Å². The van der Waals surface area contributed by atoms with Crippen LogP contribution in [0.25, 0.3) is 0 Å². The van der Waals surface area contributed by atoms with Crippen LogP contribution in [0.15, 0.2) is 48.8 Å². The molecule has 1 atom stereocenters. The minimum absolute atomic E-state index is 0.309. The Hall–Kier alpha value is 0.120. The molecule has 0 aromatic heterocycles. The predicted octanol–water partition coefficient (Wildman–Crippen LogP) is 7.87. The van der Waals surface area contributed by atoms with Crippen molar-refractivity contribution in [2.45, 2.75) is 64.0 Å². The van der Waals surface area contributed by atoms with Crippen LogP contribution in [0.4, 0.5) is 4.20 Å². The maximum Gasteiger partial charge on any atom is 0.507 e. The molecule has 0 saturated heterocycles. The van der Waals surface area contributed by atoms with Gasteiger partial charge in [0.05, 0.1) is 45.6 Å². The first-order valence-corrected chi connectivity index (χ1v) is 14.7. The van der Waals surface area contributed by atoms with E-state index in [1.165, 1.54) is 12.0 Å². The highest BCUT2D eigenvalue weighted by Crippen LogP contribution is 2.40. The number of alkyl halides is 6. The van der Waals surface area contributed by atoms with Crippen molar-refractivity contribution in [3.63, 3.8) is 0 Å². The maximum atomic E-state index is 10.4. The second kappa shape index (κ2) is 15.5. The summed E-state index contributed by atoms with van der Waals surface area (Å²) >= 11 is 35.3. The molecule has 1 heterocycles. The standard InChI is InChI=1S/C16H20O2.C6H6Cl6.FH2O3P/c1-3-4-11-16(12-5-6-13-18-16)14-7-9-15(17-2)10-8-14;7-1-2(8)4(10)6(12)5(11)3(1)9;1-5(2,3)4/h5-10,12-13H,3-4,11H2,1-2H3;1-6H;(H2,2,3,4)/t16-;1-,2-,3-,4+,5+,6+;/m0../s1. The first-order valence-electron chi connectivity index (χ1n) is 10.5. The highest BCUT2D eigenvalue weighted by atomic mass is 35.5. The summed E-state index contributed by atoms with van der Waals surface area (Å²) in [5.74, 6) is 0.875. The smallest absolute Gasteiger partial charge is 0.497 e. The molecule has 0 radical (unpaired) electrons. The summed E-state index contributed by atoms with van der Waals surface area (Å²) < 4.78 is 30.1. The number of hydrogen-bond donors (Lipinski definition) is 2. The van der Waals surface area contributed by atoms with Crippen LogP contribution < -0.4 is 4.74 Å². The Kier molecular flexibility index (Phi) is 14.7. The van der Waals surface area contributed by atoms with Gasteiger partial charge in [-0.25, -0.2) is 4.57 Å². The maximum absolute atomic E-state index is 10.4. The number of halogens is 7. The van der Waals surface area contributed by atoms with Crippen molar-refractivity contribution in [1.82, 2.24) is 0 Å². The van der Waals surface area contributed by atoms with Crippen LogP contribution in [0.1, 0.15) is 31.7 Å². The van der Waals surface area contributed by atoms with Crippen LogP contribution in [-0.2, 0) is 14.9 Å². The molecule has 1 saturated carbocycles. The summed E-state index contributed by atoms with van der Waals surface area (Å²) in [5, 5.41) is -2.62. The monoisotopic (exact) mass is 632 g/mol. The molecule has 0 amide bonds. The molecule has 1 fully saturated rings. The van der Waals surface area contributed by atoms with Crippen LogP contribution in [0, 0.1) is 0 Å². The zero-order valence-electron chi connectivity index (χ0n) is 18.9.